The van der Waals surface area contributed by atoms with E-state index in [4.69, 9.17) is 0 Å². The molecule has 2 atom stereocenters. The third kappa shape index (κ3) is 3.96. The van der Waals surface area contributed by atoms with Crippen LogP contribution in [0.1, 0.15) is 37.0 Å². The van der Waals surface area contributed by atoms with Gasteiger partial charge < -0.3 is 4.90 Å². The topological polar surface area (TPSA) is 83.5 Å². The van der Waals surface area contributed by atoms with Gasteiger partial charge >= 0.3 is 0 Å². The number of hydrogen-bond donors (Lipinski definition) is 0. The molecule has 3 rings (SSSR count). The summed E-state index contributed by atoms with van der Waals surface area (Å²) in [7, 11) is -3.15. The van der Waals surface area contributed by atoms with Crippen LogP contribution in [0.2, 0.25) is 0 Å². The molecule has 8 heteroatoms. The van der Waals surface area contributed by atoms with Crippen LogP contribution >= 0.6 is 0 Å². The molecule has 2 saturated heterocycles. The van der Waals surface area contributed by atoms with E-state index in [1.807, 2.05) is 20.8 Å². The summed E-state index contributed by atoms with van der Waals surface area (Å²) in [4.78, 5) is 25.2. The highest BCUT2D eigenvalue weighted by Gasteiger charge is 2.47. The number of nitrogens with zero attached hydrogens (tertiary/aromatic N) is 4. The van der Waals surface area contributed by atoms with Crippen LogP contribution in [0.5, 0.6) is 0 Å². The summed E-state index contributed by atoms with van der Waals surface area (Å²) < 4.78 is 24.5. The third-order valence-electron chi connectivity index (χ3n) is 5.05. The minimum Gasteiger partial charge on any atom is -0.332 e. The van der Waals surface area contributed by atoms with E-state index in [1.54, 1.807) is 17.3 Å². The minimum absolute atomic E-state index is 0.0304. The van der Waals surface area contributed by atoms with E-state index < -0.39 is 9.84 Å². The van der Waals surface area contributed by atoms with E-state index in [1.165, 1.54) is 5.57 Å². The molecule has 2 aliphatic heterocycles. The first-order valence-electron chi connectivity index (χ1n) is 9.00. The second-order valence-corrected chi connectivity index (χ2v) is 9.38. The smallest absolute Gasteiger partial charge is 0.257 e. The Morgan fingerprint density at radius 3 is 2.46 bits per heavy atom. The molecule has 1 aromatic rings. The fourth-order valence-electron chi connectivity index (χ4n) is 3.62. The Hall–Kier alpha value is -1.80. The minimum atomic E-state index is -3.15. The van der Waals surface area contributed by atoms with Gasteiger partial charge in [0.1, 0.15) is 5.82 Å². The van der Waals surface area contributed by atoms with E-state index in [0.29, 0.717) is 30.9 Å². The molecule has 142 valence electrons. The number of fused-ring (bicyclic) bond motifs is 1. The Kier molecular flexibility index (Phi) is 5.43. The second kappa shape index (κ2) is 7.44. The van der Waals surface area contributed by atoms with E-state index in [-0.39, 0.29) is 29.5 Å². The van der Waals surface area contributed by atoms with Crippen LogP contribution in [0.25, 0.3) is 0 Å². The van der Waals surface area contributed by atoms with Crippen molar-refractivity contribution < 1.29 is 13.2 Å². The van der Waals surface area contributed by atoms with Crippen LogP contribution in [-0.2, 0) is 16.3 Å². The maximum atomic E-state index is 12.9. The lowest BCUT2D eigenvalue weighted by Gasteiger charge is -2.43. The van der Waals surface area contributed by atoms with Crippen LogP contribution in [0.3, 0.4) is 0 Å². The number of sulfone groups is 1. The number of aromatic nitrogens is 2. The lowest BCUT2D eigenvalue weighted by Crippen LogP contribution is -2.60. The average molecular weight is 378 g/mol. The van der Waals surface area contributed by atoms with Crippen LogP contribution in [0.15, 0.2) is 24.0 Å². The fourth-order valence-corrected chi connectivity index (χ4v) is 5.63. The molecule has 0 radical (unpaired) electrons. The van der Waals surface area contributed by atoms with E-state index in [9.17, 15) is 13.2 Å². The van der Waals surface area contributed by atoms with E-state index >= 15 is 0 Å². The summed E-state index contributed by atoms with van der Waals surface area (Å²) in [6.07, 6.45) is 5.90. The third-order valence-corrected chi connectivity index (χ3v) is 6.75. The molecule has 0 aromatic carbocycles. The number of piperazine rings is 1. The molecule has 0 spiro atoms. The highest BCUT2D eigenvalue weighted by atomic mass is 32.2. The molecule has 0 aliphatic carbocycles. The van der Waals surface area contributed by atoms with Gasteiger partial charge in [-0.25, -0.2) is 18.4 Å². The van der Waals surface area contributed by atoms with Crippen molar-refractivity contribution in [2.75, 3.05) is 31.1 Å². The van der Waals surface area contributed by atoms with Crippen LogP contribution in [0.4, 0.5) is 0 Å². The predicted octanol–water partition coefficient (Wildman–Crippen LogP) is 0.929. The number of aryl methyl sites for hydroxylation is 1. The lowest BCUT2D eigenvalue weighted by molar-refractivity contribution is 0.0367. The molecule has 26 heavy (non-hydrogen) atoms. The zero-order valence-corrected chi connectivity index (χ0v) is 16.4. The Morgan fingerprint density at radius 2 is 1.85 bits per heavy atom. The van der Waals surface area contributed by atoms with Gasteiger partial charge in [-0.2, -0.15) is 0 Å². The molecule has 0 unspecified atom stereocenters. The van der Waals surface area contributed by atoms with Crippen molar-refractivity contribution in [1.82, 2.24) is 19.8 Å². The van der Waals surface area contributed by atoms with Gasteiger partial charge in [-0.15, -0.1) is 0 Å². The van der Waals surface area contributed by atoms with Gasteiger partial charge in [0.05, 0.1) is 23.1 Å². The molecule has 7 nitrogen and oxygen atoms in total. The maximum Gasteiger partial charge on any atom is 0.257 e. The van der Waals surface area contributed by atoms with Crippen molar-refractivity contribution in [1.29, 1.82) is 0 Å². The Bertz CT molecular complexity index is 800. The molecule has 2 aliphatic rings. The summed E-state index contributed by atoms with van der Waals surface area (Å²) in [6.45, 7) is 7.92. The van der Waals surface area contributed by atoms with Crippen molar-refractivity contribution in [2.45, 2.75) is 39.3 Å². The molecule has 2 fully saturated rings. The Balaban J connectivity index is 1.82. The zero-order chi connectivity index (χ0) is 18.9. The maximum absolute atomic E-state index is 12.9. The number of hydrogen-bond acceptors (Lipinski definition) is 6. The standard InChI is InChI=1S/C18H26N4O3S/c1-4-17-19-9-14(10-20-17)18(23)22-8-7-21(6-5-13(2)3)15-11-26(24,25)12-16(15)22/h5,9-10,15-16H,4,6-8,11-12H2,1-3H3/t15-,16+/m1/s1. The van der Waals surface area contributed by atoms with E-state index in [0.717, 1.165) is 6.54 Å². The van der Waals surface area contributed by atoms with Gasteiger partial charge in [0.25, 0.3) is 5.91 Å². The van der Waals surface area contributed by atoms with Crippen LogP contribution < -0.4 is 0 Å². The number of allylic oxidation sites excluding steroid dienone is 1. The second-order valence-electron chi connectivity index (χ2n) is 7.23. The van der Waals surface area contributed by atoms with Crippen LogP contribution in [0, 0.1) is 0 Å². The Morgan fingerprint density at radius 1 is 1.19 bits per heavy atom. The molecular weight excluding hydrogens is 352 g/mol. The fraction of sp³-hybridized carbons (Fsp3) is 0.611. The van der Waals surface area contributed by atoms with Crippen LogP contribution in [-0.4, -0.2) is 77.3 Å². The molecule has 0 N–H and O–H groups in total. The molecule has 1 amide bonds. The number of carbonyl (C=O) groups excluding carboxylic acids is 1. The average Bonchev–Trinajstić information content (AvgIpc) is 2.94. The first-order chi connectivity index (χ1) is 12.3. The van der Waals surface area contributed by atoms with Crippen molar-refractivity contribution in [3.8, 4) is 0 Å². The van der Waals surface area contributed by atoms with Gasteiger partial charge in [0.15, 0.2) is 9.84 Å². The molecule has 0 saturated carbocycles. The Labute approximate surface area is 155 Å². The van der Waals surface area contributed by atoms with Gasteiger partial charge in [-0.1, -0.05) is 18.6 Å². The summed E-state index contributed by atoms with van der Waals surface area (Å²) in [5.41, 5.74) is 1.62. The van der Waals surface area contributed by atoms with Gasteiger partial charge in [0, 0.05) is 44.5 Å². The monoisotopic (exact) mass is 378 g/mol. The first kappa shape index (κ1) is 19.0. The summed E-state index contributed by atoms with van der Waals surface area (Å²) in [6, 6.07) is -0.457. The summed E-state index contributed by atoms with van der Waals surface area (Å²) in [5.74, 6) is 0.655. The molecule has 0 bridgehead atoms. The SMILES string of the molecule is CCc1ncc(C(=O)N2CCN(CC=C(C)C)[C@@H]3CS(=O)(=O)C[C@@H]32)cn1. The van der Waals surface area contributed by atoms with Crippen molar-refractivity contribution in [2.24, 2.45) is 0 Å². The van der Waals surface area contributed by atoms with Gasteiger partial charge in [-0.3, -0.25) is 9.69 Å². The molecular formula is C18H26N4O3S. The quantitative estimate of drug-likeness (QED) is 0.725. The van der Waals surface area contributed by atoms with Crippen molar-refractivity contribution >= 4 is 15.7 Å². The highest BCUT2D eigenvalue weighted by molar-refractivity contribution is 7.91. The van der Waals surface area contributed by atoms with Crippen molar-refractivity contribution in [3.05, 3.63) is 35.4 Å². The largest absolute Gasteiger partial charge is 0.332 e. The normalized spacial score (nSPS) is 25.0. The number of rotatable bonds is 4. The number of carbonyl (C=O) groups is 1. The molecule has 1 aromatic heterocycles. The van der Waals surface area contributed by atoms with Gasteiger partial charge in [-0.05, 0) is 13.8 Å². The number of amides is 1. The first-order valence-corrected chi connectivity index (χ1v) is 10.8. The summed E-state index contributed by atoms with van der Waals surface area (Å²) >= 11 is 0. The zero-order valence-electron chi connectivity index (χ0n) is 15.6. The summed E-state index contributed by atoms with van der Waals surface area (Å²) in [5, 5.41) is 0. The van der Waals surface area contributed by atoms with Gasteiger partial charge in [0.2, 0.25) is 0 Å². The lowest BCUT2D eigenvalue weighted by atomic mass is 10.0. The van der Waals surface area contributed by atoms with Crippen molar-refractivity contribution in [3.63, 3.8) is 0 Å². The highest BCUT2D eigenvalue weighted by Crippen LogP contribution is 2.28. The molecule has 3 heterocycles. The van der Waals surface area contributed by atoms with E-state index in [2.05, 4.69) is 20.9 Å². The predicted molar refractivity (Wildman–Crippen MR) is 99.7 cm³/mol.